The summed E-state index contributed by atoms with van der Waals surface area (Å²) in [6.45, 7) is 3.46. The van der Waals surface area contributed by atoms with Crippen molar-refractivity contribution in [3.8, 4) is 0 Å². The third-order valence-corrected chi connectivity index (χ3v) is 5.57. The van der Waals surface area contributed by atoms with E-state index in [-0.39, 0.29) is 18.2 Å². The van der Waals surface area contributed by atoms with Gasteiger partial charge in [0.2, 0.25) is 5.91 Å². The monoisotopic (exact) mass is 315 g/mol. The second-order valence-corrected chi connectivity index (χ2v) is 7.18. The zero-order valence-corrected chi connectivity index (χ0v) is 13.8. The normalized spacial score (nSPS) is 25.0. The first-order valence-corrected chi connectivity index (χ1v) is 8.60. The Morgan fingerprint density at radius 1 is 1.26 bits per heavy atom. The SMILES string of the molecule is CC1(C(=O)N2CCC(CC(=O)O)CC2)CCCc2ccccc21. The number of aryl methyl sites for hydroxylation is 1. The van der Waals surface area contributed by atoms with Crippen molar-refractivity contribution in [2.24, 2.45) is 5.92 Å². The maximum Gasteiger partial charge on any atom is 0.303 e. The van der Waals surface area contributed by atoms with Gasteiger partial charge in [-0.05, 0) is 56.1 Å². The van der Waals surface area contributed by atoms with Crippen LogP contribution in [-0.2, 0) is 21.4 Å². The number of fused-ring (bicyclic) bond motifs is 1. The van der Waals surface area contributed by atoms with Crippen LogP contribution in [0.15, 0.2) is 24.3 Å². The molecule has 0 aromatic heterocycles. The van der Waals surface area contributed by atoms with E-state index in [1.54, 1.807) is 0 Å². The Labute approximate surface area is 137 Å². The Morgan fingerprint density at radius 2 is 1.96 bits per heavy atom. The molecule has 0 spiro atoms. The Hall–Kier alpha value is -1.84. The summed E-state index contributed by atoms with van der Waals surface area (Å²) in [5.41, 5.74) is 2.06. The van der Waals surface area contributed by atoms with Crippen molar-refractivity contribution in [3.05, 3.63) is 35.4 Å². The highest BCUT2D eigenvalue weighted by molar-refractivity contribution is 5.88. The summed E-state index contributed by atoms with van der Waals surface area (Å²) >= 11 is 0. The summed E-state index contributed by atoms with van der Waals surface area (Å²) in [6, 6.07) is 8.31. The molecule has 1 heterocycles. The maximum absolute atomic E-state index is 13.2. The van der Waals surface area contributed by atoms with Gasteiger partial charge in [-0.15, -0.1) is 0 Å². The van der Waals surface area contributed by atoms with Gasteiger partial charge >= 0.3 is 5.97 Å². The number of hydrogen-bond donors (Lipinski definition) is 1. The summed E-state index contributed by atoms with van der Waals surface area (Å²) < 4.78 is 0. The van der Waals surface area contributed by atoms with Gasteiger partial charge in [0.05, 0.1) is 5.41 Å². The van der Waals surface area contributed by atoms with Gasteiger partial charge < -0.3 is 10.0 Å². The van der Waals surface area contributed by atoms with Crippen molar-refractivity contribution in [2.45, 2.75) is 50.9 Å². The van der Waals surface area contributed by atoms with Crippen LogP contribution in [0.25, 0.3) is 0 Å². The summed E-state index contributed by atoms with van der Waals surface area (Å²) in [4.78, 5) is 26.0. The highest BCUT2D eigenvalue weighted by atomic mass is 16.4. The molecule has 4 nitrogen and oxygen atoms in total. The van der Waals surface area contributed by atoms with E-state index in [4.69, 9.17) is 5.11 Å². The lowest BCUT2D eigenvalue weighted by atomic mass is 9.70. The summed E-state index contributed by atoms with van der Waals surface area (Å²) in [5, 5.41) is 8.91. The molecule has 1 aromatic rings. The number of piperidine rings is 1. The number of hydrogen-bond acceptors (Lipinski definition) is 2. The molecule has 1 unspecified atom stereocenters. The summed E-state index contributed by atoms with van der Waals surface area (Å²) in [5.74, 6) is -0.302. The molecule has 124 valence electrons. The first-order chi connectivity index (χ1) is 11.0. The van der Waals surface area contributed by atoms with Crippen LogP contribution in [0, 0.1) is 5.92 Å². The average Bonchev–Trinajstić information content (AvgIpc) is 2.55. The first-order valence-electron chi connectivity index (χ1n) is 8.60. The minimum atomic E-state index is -0.733. The number of carbonyl (C=O) groups is 2. The van der Waals surface area contributed by atoms with Crippen LogP contribution in [0.4, 0.5) is 0 Å². The topological polar surface area (TPSA) is 57.6 Å². The molecule has 2 aliphatic rings. The highest BCUT2D eigenvalue weighted by Gasteiger charge is 2.42. The lowest BCUT2D eigenvalue weighted by molar-refractivity contribution is -0.140. The number of carboxylic acid groups (broad SMARTS) is 1. The molecule has 23 heavy (non-hydrogen) atoms. The molecule has 1 aliphatic carbocycles. The molecule has 3 rings (SSSR count). The van der Waals surface area contributed by atoms with Gasteiger partial charge in [-0.25, -0.2) is 0 Å². The molecule has 1 saturated heterocycles. The van der Waals surface area contributed by atoms with Crippen molar-refractivity contribution in [1.29, 1.82) is 0 Å². The number of nitrogens with zero attached hydrogens (tertiary/aromatic N) is 1. The van der Waals surface area contributed by atoms with Crippen molar-refractivity contribution < 1.29 is 14.7 Å². The number of likely N-dealkylation sites (tertiary alicyclic amines) is 1. The Bertz CT molecular complexity index is 604. The van der Waals surface area contributed by atoms with Crippen LogP contribution in [0.1, 0.15) is 50.2 Å². The van der Waals surface area contributed by atoms with E-state index in [1.165, 1.54) is 11.1 Å². The van der Waals surface area contributed by atoms with Crippen molar-refractivity contribution in [1.82, 2.24) is 4.90 Å². The number of aliphatic carboxylic acids is 1. The quantitative estimate of drug-likeness (QED) is 0.933. The van der Waals surface area contributed by atoms with E-state index < -0.39 is 11.4 Å². The van der Waals surface area contributed by atoms with E-state index in [0.717, 1.165) is 32.1 Å². The fourth-order valence-corrected chi connectivity index (χ4v) is 4.20. The van der Waals surface area contributed by atoms with E-state index in [0.29, 0.717) is 13.1 Å². The molecule has 1 atom stereocenters. The Morgan fingerprint density at radius 3 is 2.65 bits per heavy atom. The number of rotatable bonds is 3. The number of amides is 1. The largest absolute Gasteiger partial charge is 0.481 e. The summed E-state index contributed by atoms with van der Waals surface area (Å²) in [7, 11) is 0. The van der Waals surface area contributed by atoms with Crippen LogP contribution in [-0.4, -0.2) is 35.0 Å². The number of carboxylic acids is 1. The molecular formula is C19H25NO3. The Balaban J connectivity index is 1.73. The molecule has 1 aromatic carbocycles. The van der Waals surface area contributed by atoms with Crippen LogP contribution in [0.5, 0.6) is 0 Å². The van der Waals surface area contributed by atoms with Gasteiger partial charge in [0, 0.05) is 19.5 Å². The molecule has 0 bridgehead atoms. The Kier molecular flexibility index (Phi) is 4.42. The van der Waals surface area contributed by atoms with Gasteiger partial charge in [-0.1, -0.05) is 24.3 Å². The van der Waals surface area contributed by atoms with Crippen molar-refractivity contribution >= 4 is 11.9 Å². The van der Waals surface area contributed by atoms with E-state index in [1.807, 2.05) is 17.0 Å². The number of carbonyl (C=O) groups excluding carboxylic acids is 1. The van der Waals surface area contributed by atoms with E-state index in [9.17, 15) is 9.59 Å². The molecular weight excluding hydrogens is 290 g/mol. The van der Waals surface area contributed by atoms with Crippen LogP contribution in [0.2, 0.25) is 0 Å². The predicted octanol–water partition coefficient (Wildman–Crippen LogP) is 2.99. The van der Waals surface area contributed by atoms with Crippen LogP contribution in [0.3, 0.4) is 0 Å². The fraction of sp³-hybridized carbons (Fsp3) is 0.579. The second kappa shape index (κ2) is 6.34. The number of benzene rings is 1. The van der Waals surface area contributed by atoms with Crippen molar-refractivity contribution in [2.75, 3.05) is 13.1 Å². The van der Waals surface area contributed by atoms with E-state index in [2.05, 4.69) is 19.1 Å². The molecule has 1 aliphatic heterocycles. The minimum absolute atomic E-state index is 0.211. The highest BCUT2D eigenvalue weighted by Crippen LogP contribution is 2.39. The van der Waals surface area contributed by atoms with Crippen molar-refractivity contribution in [3.63, 3.8) is 0 Å². The standard InChI is InChI=1S/C19H25NO3/c1-19(10-4-6-15-5-2-3-7-16(15)19)18(23)20-11-8-14(9-12-20)13-17(21)22/h2-3,5,7,14H,4,6,8-13H2,1H3,(H,21,22). The van der Waals surface area contributed by atoms with Gasteiger partial charge in [-0.2, -0.15) is 0 Å². The average molecular weight is 315 g/mol. The van der Waals surface area contributed by atoms with Gasteiger partial charge in [0.25, 0.3) is 0 Å². The van der Waals surface area contributed by atoms with Crippen LogP contribution < -0.4 is 0 Å². The molecule has 1 fully saturated rings. The lowest BCUT2D eigenvalue weighted by Crippen LogP contribution is -2.49. The van der Waals surface area contributed by atoms with Gasteiger partial charge in [-0.3, -0.25) is 9.59 Å². The summed E-state index contributed by atoms with van der Waals surface area (Å²) in [6.07, 6.45) is 4.83. The lowest BCUT2D eigenvalue weighted by Gasteiger charge is -2.41. The molecule has 1 N–H and O–H groups in total. The zero-order chi connectivity index (χ0) is 16.4. The third kappa shape index (κ3) is 3.12. The van der Waals surface area contributed by atoms with Crippen LogP contribution >= 0.6 is 0 Å². The van der Waals surface area contributed by atoms with E-state index >= 15 is 0 Å². The molecule has 1 amide bonds. The zero-order valence-electron chi connectivity index (χ0n) is 13.8. The third-order valence-electron chi connectivity index (χ3n) is 5.57. The van der Waals surface area contributed by atoms with Gasteiger partial charge in [0.15, 0.2) is 0 Å². The molecule has 0 saturated carbocycles. The fourth-order valence-electron chi connectivity index (χ4n) is 4.20. The second-order valence-electron chi connectivity index (χ2n) is 7.18. The predicted molar refractivity (Wildman–Crippen MR) is 88.3 cm³/mol. The smallest absolute Gasteiger partial charge is 0.303 e. The minimum Gasteiger partial charge on any atom is -0.481 e. The molecule has 4 heteroatoms. The maximum atomic E-state index is 13.2. The first kappa shape index (κ1) is 16.0. The molecule has 0 radical (unpaired) electrons. The van der Waals surface area contributed by atoms with Gasteiger partial charge in [0.1, 0.15) is 0 Å².